The lowest BCUT2D eigenvalue weighted by Gasteiger charge is -2.26. The molecule has 80 valence electrons. The second-order valence-electron chi connectivity index (χ2n) is 3.68. The molecular formula is C13H10O3. The Balaban J connectivity index is 2.53. The number of fused-ring (bicyclic) bond motifs is 2. The molecule has 2 aliphatic rings. The fourth-order valence-electron chi connectivity index (χ4n) is 1.69. The van der Waals surface area contributed by atoms with E-state index in [-0.39, 0.29) is 12.0 Å². The van der Waals surface area contributed by atoms with Crippen LogP contribution in [0.1, 0.15) is 12.8 Å². The average molecular weight is 214 g/mol. The third kappa shape index (κ3) is 1.79. The van der Waals surface area contributed by atoms with Crippen LogP contribution in [0.15, 0.2) is 23.8 Å². The summed E-state index contributed by atoms with van der Waals surface area (Å²) in [4.78, 5) is 11.9. The molecule has 2 rings (SSSR count). The van der Waals surface area contributed by atoms with Crippen LogP contribution in [0.4, 0.5) is 0 Å². The number of Topliss-reactive ketones (excluding diaryl/α,β-unsaturated/α-hetero) is 1. The maximum absolute atomic E-state index is 11.9. The Kier molecular flexibility index (Phi) is 2.66. The van der Waals surface area contributed by atoms with Gasteiger partial charge in [0.1, 0.15) is 6.10 Å². The van der Waals surface area contributed by atoms with Crippen molar-refractivity contribution in [1.82, 2.24) is 0 Å². The third-order valence-electron chi connectivity index (χ3n) is 2.55. The molecule has 0 saturated carbocycles. The maximum Gasteiger partial charge on any atom is 0.206 e. The van der Waals surface area contributed by atoms with E-state index in [0.29, 0.717) is 6.42 Å². The standard InChI is InChI=1S/C13H10O3/c14-11-7-3-1-2-4-8-13(16)9-5-6-10(11)12(13)15/h1-2,6,11,14,16H,5,9H2/b2-1+/t11-,13-/m0/s1. The van der Waals surface area contributed by atoms with Gasteiger partial charge in [0, 0.05) is 5.57 Å². The van der Waals surface area contributed by atoms with Crippen LogP contribution in [0.25, 0.3) is 0 Å². The van der Waals surface area contributed by atoms with Crippen molar-refractivity contribution in [3.63, 3.8) is 0 Å². The number of hydrogen-bond acceptors (Lipinski definition) is 3. The second-order valence-corrected chi connectivity index (χ2v) is 3.68. The van der Waals surface area contributed by atoms with Crippen LogP contribution in [0.2, 0.25) is 0 Å². The lowest BCUT2D eigenvalue weighted by Crippen LogP contribution is -2.42. The first kappa shape index (κ1) is 10.7. The highest BCUT2D eigenvalue weighted by Crippen LogP contribution is 2.26. The first-order valence-corrected chi connectivity index (χ1v) is 4.97. The van der Waals surface area contributed by atoms with Crippen molar-refractivity contribution in [3.05, 3.63) is 23.8 Å². The minimum atomic E-state index is -1.67. The highest BCUT2D eigenvalue weighted by molar-refractivity contribution is 6.06. The van der Waals surface area contributed by atoms with E-state index in [0.717, 1.165) is 0 Å². The van der Waals surface area contributed by atoms with Gasteiger partial charge < -0.3 is 10.2 Å². The van der Waals surface area contributed by atoms with Gasteiger partial charge in [-0.3, -0.25) is 4.79 Å². The molecule has 0 amide bonds. The Morgan fingerprint density at radius 2 is 2.12 bits per heavy atom. The number of carbonyl (C=O) groups excluding carboxylic acids is 1. The van der Waals surface area contributed by atoms with Gasteiger partial charge in [-0.25, -0.2) is 0 Å². The van der Waals surface area contributed by atoms with Crippen LogP contribution in [-0.4, -0.2) is 27.7 Å². The normalized spacial score (nSPS) is 33.8. The summed E-state index contributed by atoms with van der Waals surface area (Å²) in [6.07, 6.45) is 4.16. The Hall–Kier alpha value is -1.81. The van der Waals surface area contributed by atoms with E-state index >= 15 is 0 Å². The molecule has 0 fully saturated rings. The highest BCUT2D eigenvalue weighted by Gasteiger charge is 2.40. The summed E-state index contributed by atoms with van der Waals surface area (Å²) >= 11 is 0. The molecular weight excluding hydrogens is 204 g/mol. The number of allylic oxidation sites excluding steroid dienone is 3. The minimum Gasteiger partial charge on any atom is -0.376 e. The van der Waals surface area contributed by atoms with Crippen LogP contribution in [-0.2, 0) is 4.79 Å². The molecule has 2 bridgehead atoms. The van der Waals surface area contributed by atoms with Crippen LogP contribution in [0.5, 0.6) is 0 Å². The number of hydrogen-bond donors (Lipinski definition) is 2. The number of rotatable bonds is 0. The zero-order valence-corrected chi connectivity index (χ0v) is 8.53. The predicted octanol–water partition coefficient (Wildman–Crippen LogP) is -0.0557. The summed E-state index contributed by atoms with van der Waals surface area (Å²) in [5, 5.41) is 19.7. The summed E-state index contributed by atoms with van der Waals surface area (Å²) in [5.41, 5.74) is -1.53. The Labute approximate surface area is 93.5 Å². The van der Waals surface area contributed by atoms with Crippen molar-refractivity contribution in [3.8, 4) is 23.7 Å². The average Bonchev–Trinajstić information content (AvgIpc) is 2.25. The third-order valence-corrected chi connectivity index (χ3v) is 2.55. The highest BCUT2D eigenvalue weighted by atomic mass is 16.3. The SMILES string of the molecule is O=C1C2=CCC[C@@]1(O)C#C/C=C/C#C[C@@H]2O. The number of aliphatic hydroxyl groups is 2. The van der Waals surface area contributed by atoms with Gasteiger partial charge in [0.2, 0.25) is 5.78 Å². The van der Waals surface area contributed by atoms with Crippen LogP contribution >= 0.6 is 0 Å². The predicted molar refractivity (Wildman–Crippen MR) is 58.0 cm³/mol. The monoisotopic (exact) mass is 214 g/mol. The second kappa shape index (κ2) is 3.98. The van der Waals surface area contributed by atoms with E-state index in [9.17, 15) is 15.0 Å². The van der Waals surface area contributed by atoms with Crippen molar-refractivity contribution in [2.75, 3.05) is 0 Å². The van der Waals surface area contributed by atoms with Crippen LogP contribution in [0, 0.1) is 23.7 Å². The van der Waals surface area contributed by atoms with Crippen LogP contribution in [0.3, 0.4) is 0 Å². The lowest BCUT2D eigenvalue weighted by atomic mass is 9.81. The number of aliphatic hydroxyl groups excluding tert-OH is 1. The van der Waals surface area contributed by atoms with Gasteiger partial charge >= 0.3 is 0 Å². The molecule has 2 atom stereocenters. The van der Waals surface area contributed by atoms with Gasteiger partial charge in [0.25, 0.3) is 0 Å². The molecule has 3 heteroatoms. The van der Waals surface area contributed by atoms with Gasteiger partial charge in [0.05, 0.1) is 0 Å². The summed E-state index contributed by atoms with van der Waals surface area (Å²) in [6.45, 7) is 0. The van der Waals surface area contributed by atoms with Gasteiger partial charge in [-0.1, -0.05) is 29.8 Å². The molecule has 16 heavy (non-hydrogen) atoms. The van der Waals surface area contributed by atoms with Crippen molar-refractivity contribution in [2.45, 2.75) is 24.5 Å². The zero-order valence-electron chi connectivity index (χ0n) is 8.53. The molecule has 0 aromatic carbocycles. The fraction of sp³-hybridized carbons (Fsp3) is 0.308. The van der Waals surface area contributed by atoms with Gasteiger partial charge in [0.15, 0.2) is 5.60 Å². The number of carbonyl (C=O) groups is 1. The smallest absolute Gasteiger partial charge is 0.206 e. The van der Waals surface area contributed by atoms with E-state index in [1.54, 1.807) is 6.08 Å². The summed E-state index contributed by atoms with van der Waals surface area (Å²) in [7, 11) is 0. The van der Waals surface area contributed by atoms with E-state index in [1.807, 2.05) is 0 Å². The van der Waals surface area contributed by atoms with E-state index < -0.39 is 17.5 Å². The van der Waals surface area contributed by atoms with Crippen molar-refractivity contribution in [1.29, 1.82) is 0 Å². The minimum absolute atomic E-state index is 0.144. The van der Waals surface area contributed by atoms with Gasteiger partial charge in [-0.2, -0.15) is 0 Å². The maximum atomic E-state index is 11.9. The summed E-state index contributed by atoms with van der Waals surface area (Å²) in [6, 6.07) is 0. The molecule has 0 aromatic rings. The lowest BCUT2D eigenvalue weighted by molar-refractivity contribution is -0.130. The fourth-order valence-corrected chi connectivity index (χ4v) is 1.69. The molecule has 0 spiro atoms. The zero-order chi connectivity index (χ0) is 11.6. The quantitative estimate of drug-likeness (QED) is 0.556. The molecule has 2 N–H and O–H groups in total. The van der Waals surface area contributed by atoms with E-state index in [4.69, 9.17) is 0 Å². The van der Waals surface area contributed by atoms with Crippen molar-refractivity contribution in [2.24, 2.45) is 0 Å². The van der Waals surface area contributed by atoms with E-state index in [2.05, 4.69) is 23.7 Å². The summed E-state index contributed by atoms with van der Waals surface area (Å²) < 4.78 is 0. The molecule has 0 saturated heterocycles. The van der Waals surface area contributed by atoms with Gasteiger partial charge in [-0.05, 0) is 25.0 Å². The molecule has 0 unspecified atom stereocenters. The molecule has 0 aliphatic heterocycles. The number of ketones is 1. The van der Waals surface area contributed by atoms with Crippen molar-refractivity contribution >= 4 is 5.78 Å². The Morgan fingerprint density at radius 3 is 2.94 bits per heavy atom. The first-order chi connectivity index (χ1) is 7.63. The molecule has 3 nitrogen and oxygen atoms in total. The topological polar surface area (TPSA) is 57.5 Å². The molecule has 0 radical (unpaired) electrons. The summed E-state index contributed by atoms with van der Waals surface area (Å²) in [5.74, 6) is 9.65. The molecule has 2 aliphatic carbocycles. The van der Waals surface area contributed by atoms with Crippen LogP contribution < -0.4 is 0 Å². The van der Waals surface area contributed by atoms with Gasteiger partial charge in [-0.15, -0.1) is 0 Å². The molecule has 0 heterocycles. The van der Waals surface area contributed by atoms with Crippen molar-refractivity contribution < 1.29 is 15.0 Å². The Bertz CT molecular complexity index is 505. The largest absolute Gasteiger partial charge is 0.376 e. The van der Waals surface area contributed by atoms with E-state index in [1.165, 1.54) is 12.2 Å². The Morgan fingerprint density at radius 1 is 1.38 bits per heavy atom. The molecule has 0 aromatic heterocycles. The first-order valence-electron chi connectivity index (χ1n) is 4.97.